The first-order valence-corrected chi connectivity index (χ1v) is 8.73. The zero-order chi connectivity index (χ0) is 18.7. The van der Waals surface area contributed by atoms with Crippen LogP contribution in [0.25, 0.3) is 0 Å². The standard InChI is InChI=1S/C21H23NO4/c1-14(19(23)24)13-15-7-9-16(10-8-15)22-20(25)21(11-12-21)17-5-3-4-6-18(17)26-2/h3-10,14H,11-13H2,1-2H3,(H,22,25)(H,23,24). The lowest BCUT2D eigenvalue weighted by Crippen LogP contribution is -2.28. The Balaban J connectivity index is 1.71. The second-order valence-corrected chi connectivity index (χ2v) is 6.88. The molecule has 1 atom stereocenters. The normalized spacial score (nSPS) is 15.8. The Morgan fingerprint density at radius 3 is 2.38 bits per heavy atom. The Morgan fingerprint density at radius 1 is 1.15 bits per heavy atom. The van der Waals surface area contributed by atoms with Crippen molar-refractivity contribution in [1.29, 1.82) is 0 Å². The molecule has 1 saturated carbocycles. The van der Waals surface area contributed by atoms with Gasteiger partial charge in [0, 0.05) is 11.3 Å². The second-order valence-electron chi connectivity index (χ2n) is 6.88. The maximum Gasteiger partial charge on any atom is 0.306 e. The van der Waals surface area contributed by atoms with Crippen molar-refractivity contribution in [3.63, 3.8) is 0 Å². The Morgan fingerprint density at radius 2 is 1.81 bits per heavy atom. The van der Waals surface area contributed by atoms with Gasteiger partial charge in [0.15, 0.2) is 0 Å². The number of para-hydroxylation sites is 1. The van der Waals surface area contributed by atoms with Gasteiger partial charge in [0.2, 0.25) is 5.91 Å². The zero-order valence-electron chi connectivity index (χ0n) is 15.0. The van der Waals surface area contributed by atoms with Crippen molar-refractivity contribution >= 4 is 17.6 Å². The number of ether oxygens (including phenoxy) is 1. The summed E-state index contributed by atoms with van der Waals surface area (Å²) in [5.41, 5.74) is 2.04. The second kappa shape index (κ2) is 7.20. The number of aliphatic carboxylic acids is 1. The lowest BCUT2D eigenvalue weighted by Gasteiger charge is -2.18. The van der Waals surface area contributed by atoms with E-state index in [9.17, 15) is 9.59 Å². The van der Waals surface area contributed by atoms with Crippen LogP contribution in [0.4, 0.5) is 5.69 Å². The molecule has 0 heterocycles. The molecule has 2 N–H and O–H groups in total. The molecule has 2 aromatic rings. The van der Waals surface area contributed by atoms with Crippen LogP contribution in [0.3, 0.4) is 0 Å². The summed E-state index contributed by atoms with van der Waals surface area (Å²) >= 11 is 0. The fourth-order valence-electron chi connectivity index (χ4n) is 3.20. The van der Waals surface area contributed by atoms with Gasteiger partial charge in [0.25, 0.3) is 0 Å². The molecule has 1 unspecified atom stereocenters. The van der Waals surface area contributed by atoms with Crippen LogP contribution in [0, 0.1) is 5.92 Å². The highest BCUT2D eigenvalue weighted by molar-refractivity contribution is 6.01. The molecule has 136 valence electrons. The number of benzene rings is 2. The number of methoxy groups -OCH3 is 1. The largest absolute Gasteiger partial charge is 0.496 e. The van der Waals surface area contributed by atoms with Crippen molar-refractivity contribution in [2.24, 2.45) is 5.92 Å². The highest BCUT2D eigenvalue weighted by Gasteiger charge is 2.52. The number of rotatable bonds is 7. The molecular formula is C21H23NO4. The summed E-state index contributed by atoms with van der Waals surface area (Å²) in [7, 11) is 1.61. The van der Waals surface area contributed by atoms with Crippen LogP contribution in [0.2, 0.25) is 0 Å². The summed E-state index contributed by atoms with van der Waals surface area (Å²) in [5, 5.41) is 12.0. The molecule has 0 bridgehead atoms. The minimum atomic E-state index is -0.810. The summed E-state index contributed by atoms with van der Waals surface area (Å²) in [6.07, 6.45) is 2.07. The summed E-state index contributed by atoms with van der Waals surface area (Å²) < 4.78 is 5.42. The molecule has 1 aliphatic carbocycles. The molecule has 1 fully saturated rings. The molecule has 26 heavy (non-hydrogen) atoms. The topological polar surface area (TPSA) is 75.6 Å². The van der Waals surface area contributed by atoms with E-state index >= 15 is 0 Å². The number of carbonyl (C=O) groups is 2. The van der Waals surface area contributed by atoms with E-state index in [1.54, 1.807) is 14.0 Å². The van der Waals surface area contributed by atoms with Crippen molar-refractivity contribution in [2.45, 2.75) is 31.6 Å². The van der Waals surface area contributed by atoms with Gasteiger partial charge in [-0.3, -0.25) is 9.59 Å². The van der Waals surface area contributed by atoms with Gasteiger partial charge in [-0.25, -0.2) is 0 Å². The Labute approximate surface area is 153 Å². The number of carboxylic acids is 1. The molecule has 3 rings (SSSR count). The van der Waals surface area contributed by atoms with E-state index in [4.69, 9.17) is 9.84 Å². The third-order valence-corrected chi connectivity index (χ3v) is 4.98. The van der Waals surface area contributed by atoms with Crippen molar-refractivity contribution in [2.75, 3.05) is 12.4 Å². The van der Waals surface area contributed by atoms with Gasteiger partial charge < -0.3 is 15.2 Å². The monoisotopic (exact) mass is 353 g/mol. The van der Waals surface area contributed by atoms with E-state index in [0.29, 0.717) is 12.1 Å². The average Bonchev–Trinajstić information content (AvgIpc) is 3.45. The van der Waals surface area contributed by atoms with Gasteiger partial charge in [0.1, 0.15) is 5.75 Å². The zero-order valence-corrected chi connectivity index (χ0v) is 15.0. The first-order valence-electron chi connectivity index (χ1n) is 8.73. The third kappa shape index (κ3) is 3.57. The number of hydrogen-bond donors (Lipinski definition) is 2. The average molecular weight is 353 g/mol. The lowest BCUT2D eigenvalue weighted by atomic mass is 9.93. The number of carbonyl (C=O) groups excluding carboxylic acids is 1. The van der Waals surface area contributed by atoms with Crippen LogP contribution in [0.15, 0.2) is 48.5 Å². The van der Waals surface area contributed by atoms with Crippen LogP contribution in [0.5, 0.6) is 5.75 Å². The fourth-order valence-corrected chi connectivity index (χ4v) is 3.20. The number of nitrogens with one attached hydrogen (secondary N) is 1. The van der Waals surface area contributed by atoms with Crippen LogP contribution in [0.1, 0.15) is 30.9 Å². The van der Waals surface area contributed by atoms with Gasteiger partial charge in [-0.1, -0.05) is 37.3 Å². The van der Waals surface area contributed by atoms with Crippen LogP contribution in [-0.4, -0.2) is 24.1 Å². The summed E-state index contributed by atoms with van der Waals surface area (Å²) in [4.78, 5) is 23.8. The Hall–Kier alpha value is -2.82. The van der Waals surface area contributed by atoms with Crippen molar-refractivity contribution in [1.82, 2.24) is 0 Å². The van der Waals surface area contributed by atoms with Gasteiger partial charge in [-0.2, -0.15) is 0 Å². The smallest absolute Gasteiger partial charge is 0.306 e. The molecule has 1 aliphatic rings. The van der Waals surface area contributed by atoms with E-state index in [-0.39, 0.29) is 5.91 Å². The van der Waals surface area contributed by atoms with Gasteiger partial charge in [0.05, 0.1) is 18.4 Å². The van der Waals surface area contributed by atoms with Crippen LogP contribution in [-0.2, 0) is 21.4 Å². The van der Waals surface area contributed by atoms with E-state index in [1.807, 2.05) is 48.5 Å². The molecule has 0 aliphatic heterocycles. The van der Waals surface area contributed by atoms with Crippen LogP contribution >= 0.6 is 0 Å². The third-order valence-electron chi connectivity index (χ3n) is 4.98. The number of amides is 1. The van der Waals surface area contributed by atoms with Gasteiger partial charge in [-0.05, 0) is 43.0 Å². The van der Waals surface area contributed by atoms with E-state index in [2.05, 4.69) is 5.32 Å². The predicted octanol–water partition coefficient (Wildman–Crippen LogP) is 3.63. The molecule has 1 amide bonds. The van der Waals surface area contributed by atoms with E-state index < -0.39 is 17.3 Å². The molecular weight excluding hydrogens is 330 g/mol. The predicted molar refractivity (Wildman–Crippen MR) is 99.5 cm³/mol. The van der Waals surface area contributed by atoms with Crippen molar-refractivity contribution < 1.29 is 19.4 Å². The first kappa shape index (κ1) is 18.0. The number of anilines is 1. The summed E-state index contributed by atoms with van der Waals surface area (Å²) in [6, 6.07) is 15.0. The van der Waals surface area contributed by atoms with Gasteiger partial charge in [-0.15, -0.1) is 0 Å². The molecule has 5 nitrogen and oxygen atoms in total. The summed E-state index contributed by atoms with van der Waals surface area (Å²) in [6.45, 7) is 1.68. The van der Waals surface area contributed by atoms with Gasteiger partial charge >= 0.3 is 5.97 Å². The highest BCUT2D eigenvalue weighted by atomic mass is 16.5. The fraction of sp³-hybridized carbons (Fsp3) is 0.333. The Bertz CT molecular complexity index is 809. The van der Waals surface area contributed by atoms with Crippen LogP contribution < -0.4 is 10.1 Å². The summed E-state index contributed by atoms with van der Waals surface area (Å²) in [5.74, 6) is -0.544. The number of hydrogen-bond acceptors (Lipinski definition) is 3. The molecule has 0 aromatic heterocycles. The molecule has 0 spiro atoms. The first-order chi connectivity index (χ1) is 12.5. The molecule has 0 saturated heterocycles. The Kier molecular flexibility index (Phi) is 4.98. The maximum atomic E-state index is 12.9. The molecule has 0 radical (unpaired) electrons. The van der Waals surface area contributed by atoms with Crippen molar-refractivity contribution in [3.8, 4) is 5.75 Å². The SMILES string of the molecule is COc1ccccc1C1(C(=O)Nc2ccc(CC(C)C(=O)O)cc2)CC1. The molecule has 2 aromatic carbocycles. The number of carboxylic acid groups (broad SMARTS) is 1. The highest BCUT2D eigenvalue weighted by Crippen LogP contribution is 2.51. The van der Waals surface area contributed by atoms with E-state index in [0.717, 1.165) is 29.7 Å². The minimum Gasteiger partial charge on any atom is -0.496 e. The lowest BCUT2D eigenvalue weighted by molar-refractivity contribution is -0.141. The molecule has 5 heteroatoms. The van der Waals surface area contributed by atoms with E-state index in [1.165, 1.54) is 0 Å². The van der Waals surface area contributed by atoms with Crippen molar-refractivity contribution in [3.05, 3.63) is 59.7 Å². The minimum absolute atomic E-state index is 0.0337. The maximum absolute atomic E-state index is 12.9. The quantitative estimate of drug-likeness (QED) is 0.797.